The van der Waals surface area contributed by atoms with Crippen LogP contribution in [0.1, 0.15) is 31.4 Å². The highest BCUT2D eigenvalue weighted by molar-refractivity contribution is 14.0. The van der Waals surface area contributed by atoms with Crippen LogP contribution in [-0.4, -0.2) is 69.2 Å². The Morgan fingerprint density at radius 2 is 1.83 bits per heavy atom. The molecule has 1 aromatic rings. The maximum absolute atomic E-state index is 13.4. The van der Waals surface area contributed by atoms with Crippen LogP contribution in [-0.2, 0) is 9.53 Å². The van der Waals surface area contributed by atoms with E-state index in [1.54, 1.807) is 0 Å². The van der Waals surface area contributed by atoms with E-state index in [2.05, 4.69) is 20.9 Å². The summed E-state index contributed by atoms with van der Waals surface area (Å²) in [4.78, 5) is 18.8. The van der Waals surface area contributed by atoms with Crippen molar-refractivity contribution in [3.63, 3.8) is 0 Å². The first-order chi connectivity index (χ1) is 14.2. The Hall–Kier alpha value is -1.46. The van der Waals surface area contributed by atoms with Gasteiger partial charge in [0.15, 0.2) is 5.96 Å². The Kier molecular flexibility index (Phi) is 10.8. The van der Waals surface area contributed by atoms with Crippen molar-refractivity contribution in [1.29, 1.82) is 0 Å². The van der Waals surface area contributed by atoms with Gasteiger partial charge in [0.25, 0.3) is 0 Å². The highest BCUT2D eigenvalue weighted by Crippen LogP contribution is 2.28. The topological polar surface area (TPSA) is 78.0 Å². The first-order valence-electron chi connectivity index (χ1n) is 10.5. The molecule has 168 valence electrons. The van der Waals surface area contributed by atoms with E-state index < -0.39 is 0 Å². The zero-order valence-corrected chi connectivity index (χ0v) is 19.9. The summed E-state index contributed by atoms with van der Waals surface area (Å²) in [6.45, 7) is 7.55. The molecule has 1 saturated heterocycles. The van der Waals surface area contributed by atoms with Crippen LogP contribution in [0.4, 0.5) is 4.39 Å². The molecule has 9 heteroatoms. The lowest BCUT2D eigenvalue weighted by Crippen LogP contribution is -2.43. The third-order valence-electron chi connectivity index (χ3n) is 5.17. The number of carbonyl (C=O) groups is 1. The molecule has 1 aromatic carbocycles. The number of nitrogens with zero attached hydrogens (tertiary/aromatic N) is 2. The Labute approximate surface area is 195 Å². The molecule has 3 rings (SSSR count). The van der Waals surface area contributed by atoms with E-state index in [0.717, 1.165) is 38.0 Å². The molecule has 1 atom stereocenters. The van der Waals surface area contributed by atoms with E-state index in [0.29, 0.717) is 38.8 Å². The number of amides is 1. The Bertz CT molecular complexity index is 678. The van der Waals surface area contributed by atoms with Gasteiger partial charge < -0.3 is 20.7 Å². The molecule has 7 nitrogen and oxygen atoms in total. The van der Waals surface area contributed by atoms with Gasteiger partial charge in [0.1, 0.15) is 5.82 Å². The van der Waals surface area contributed by atoms with E-state index in [1.807, 2.05) is 19.1 Å². The highest BCUT2D eigenvalue weighted by atomic mass is 127. The fourth-order valence-electron chi connectivity index (χ4n) is 3.38. The van der Waals surface area contributed by atoms with Crippen molar-refractivity contribution >= 4 is 35.8 Å². The molecular formula is C21H33FIN5O2. The molecule has 0 radical (unpaired) electrons. The predicted octanol–water partition coefficient (Wildman–Crippen LogP) is 1.90. The molecule has 2 fully saturated rings. The Morgan fingerprint density at radius 1 is 1.17 bits per heavy atom. The van der Waals surface area contributed by atoms with Gasteiger partial charge in [0, 0.05) is 38.6 Å². The maximum atomic E-state index is 13.4. The molecule has 1 aliphatic carbocycles. The lowest BCUT2D eigenvalue weighted by molar-refractivity contribution is -0.122. The summed E-state index contributed by atoms with van der Waals surface area (Å²) in [6.07, 6.45) is 2.02. The number of aliphatic imine (C=N–C) groups is 1. The van der Waals surface area contributed by atoms with Gasteiger partial charge in [-0.3, -0.25) is 14.7 Å². The second-order valence-electron chi connectivity index (χ2n) is 7.43. The summed E-state index contributed by atoms with van der Waals surface area (Å²) in [6, 6.07) is 6.72. The van der Waals surface area contributed by atoms with Gasteiger partial charge in [-0.2, -0.15) is 0 Å². The van der Waals surface area contributed by atoms with Gasteiger partial charge in [-0.05, 0) is 37.5 Å². The summed E-state index contributed by atoms with van der Waals surface area (Å²) in [5, 5.41) is 9.47. The number of hydrogen-bond donors (Lipinski definition) is 3. The second kappa shape index (κ2) is 13.1. The van der Waals surface area contributed by atoms with Crippen LogP contribution in [0.5, 0.6) is 0 Å². The number of guanidine groups is 1. The number of halogens is 2. The highest BCUT2D eigenvalue weighted by Gasteiger charge is 2.29. The number of hydrogen-bond acceptors (Lipinski definition) is 4. The van der Waals surface area contributed by atoms with Crippen molar-refractivity contribution in [2.75, 3.05) is 52.5 Å². The van der Waals surface area contributed by atoms with Gasteiger partial charge in [-0.25, -0.2) is 4.39 Å². The molecular weight excluding hydrogens is 500 g/mol. The number of benzene rings is 1. The Morgan fingerprint density at radius 3 is 2.47 bits per heavy atom. The van der Waals surface area contributed by atoms with Crippen molar-refractivity contribution < 1.29 is 13.9 Å². The summed E-state index contributed by atoms with van der Waals surface area (Å²) >= 11 is 0. The number of ether oxygens (including phenoxy) is 1. The molecule has 3 N–H and O–H groups in total. The van der Waals surface area contributed by atoms with Crippen LogP contribution in [0.2, 0.25) is 0 Å². The van der Waals surface area contributed by atoms with Gasteiger partial charge >= 0.3 is 0 Å². The van der Waals surface area contributed by atoms with Crippen molar-refractivity contribution in [1.82, 2.24) is 20.9 Å². The standard InChI is InChI=1S/C21H32FN5O2.HI/c1-2-23-21(25-10-9-24-20(28)17-3-4-17)26-15-19(27-11-13-29-14-12-27)16-5-7-18(22)8-6-16;/h5-8,17,19H,2-4,9-15H2,1H3,(H,24,28)(H2,23,25,26);1H. The van der Waals surface area contributed by atoms with Crippen molar-refractivity contribution in [3.05, 3.63) is 35.6 Å². The predicted molar refractivity (Wildman–Crippen MR) is 127 cm³/mol. The quantitative estimate of drug-likeness (QED) is 0.196. The average Bonchev–Trinajstić information content (AvgIpc) is 3.58. The van der Waals surface area contributed by atoms with Crippen LogP contribution in [0.25, 0.3) is 0 Å². The molecule has 0 spiro atoms. The molecule has 1 heterocycles. The average molecular weight is 533 g/mol. The lowest BCUT2D eigenvalue weighted by Gasteiger charge is -2.34. The van der Waals surface area contributed by atoms with E-state index in [4.69, 9.17) is 9.73 Å². The van der Waals surface area contributed by atoms with Gasteiger partial charge in [-0.1, -0.05) is 12.1 Å². The summed E-state index contributed by atoms with van der Waals surface area (Å²) in [7, 11) is 0. The van der Waals surface area contributed by atoms with E-state index in [1.165, 1.54) is 12.1 Å². The van der Waals surface area contributed by atoms with E-state index >= 15 is 0 Å². The fourth-order valence-corrected chi connectivity index (χ4v) is 3.38. The SMILES string of the molecule is CCNC(=NCC(c1ccc(F)cc1)N1CCOCC1)NCCNC(=O)C1CC1.I. The normalized spacial score (nSPS) is 18.3. The maximum Gasteiger partial charge on any atom is 0.223 e. The number of carbonyl (C=O) groups excluding carboxylic acids is 1. The molecule has 30 heavy (non-hydrogen) atoms. The smallest absolute Gasteiger partial charge is 0.223 e. The minimum atomic E-state index is -0.235. The largest absolute Gasteiger partial charge is 0.379 e. The first-order valence-corrected chi connectivity index (χ1v) is 10.5. The minimum Gasteiger partial charge on any atom is -0.379 e. The number of rotatable bonds is 9. The molecule has 1 aliphatic heterocycles. The first kappa shape index (κ1) is 24.8. The second-order valence-corrected chi connectivity index (χ2v) is 7.43. The lowest BCUT2D eigenvalue weighted by atomic mass is 10.0. The molecule has 1 saturated carbocycles. The third kappa shape index (κ3) is 7.99. The van der Waals surface area contributed by atoms with E-state index in [-0.39, 0.29) is 47.7 Å². The van der Waals surface area contributed by atoms with Gasteiger partial charge in [-0.15, -0.1) is 24.0 Å². The zero-order valence-electron chi connectivity index (χ0n) is 17.5. The molecule has 0 aromatic heterocycles. The summed E-state index contributed by atoms with van der Waals surface area (Å²) in [5.41, 5.74) is 1.05. The monoisotopic (exact) mass is 533 g/mol. The zero-order chi connectivity index (χ0) is 20.5. The van der Waals surface area contributed by atoms with Crippen molar-refractivity contribution in [2.24, 2.45) is 10.9 Å². The molecule has 2 aliphatic rings. The van der Waals surface area contributed by atoms with Crippen molar-refractivity contribution in [3.8, 4) is 0 Å². The molecule has 0 bridgehead atoms. The third-order valence-corrected chi connectivity index (χ3v) is 5.17. The number of nitrogens with one attached hydrogen (secondary N) is 3. The van der Waals surface area contributed by atoms with Gasteiger partial charge in [0.2, 0.25) is 5.91 Å². The van der Waals surface area contributed by atoms with Crippen LogP contribution in [0.15, 0.2) is 29.3 Å². The number of morpholine rings is 1. The van der Waals surface area contributed by atoms with Crippen LogP contribution >= 0.6 is 24.0 Å². The molecule has 1 unspecified atom stereocenters. The fraction of sp³-hybridized carbons (Fsp3) is 0.619. The summed E-state index contributed by atoms with van der Waals surface area (Å²) in [5.74, 6) is 0.856. The van der Waals surface area contributed by atoms with Crippen LogP contribution in [0, 0.1) is 11.7 Å². The van der Waals surface area contributed by atoms with Crippen LogP contribution < -0.4 is 16.0 Å². The van der Waals surface area contributed by atoms with Crippen molar-refractivity contribution in [2.45, 2.75) is 25.8 Å². The van der Waals surface area contributed by atoms with E-state index in [9.17, 15) is 9.18 Å². The minimum absolute atomic E-state index is 0. The Balaban J connectivity index is 0.00000320. The van der Waals surface area contributed by atoms with Gasteiger partial charge in [0.05, 0.1) is 25.8 Å². The summed E-state index contributed by atoms with van der Waals surface area (Å²) < 4.78 is 18.9. The molecule has 1 amide bonds. The van der Waals surface area contributed by atoms with Crippen LogP contribution in [0.3, 0.4) is 0 Å².